The van der Waals surface area contributed by atoms with E-state index in [1.807, 2.05) is 20.8 Å². The Balaban J connectivity index is 2.10. The van der Waals surface area contributed by atoms with E-state index in [0.29, 0.717) is 30.4 Å². The largest absolute Gasteiger partial charge is 0.480 e. The molecule has 0 aliphatic carbocycles. The zero-order valence-corrected chi connectivity index (χ0v) is 16.3. The van der Waals surface area contributed by atoms with Crippen LogP contribution < -0.4 is 9.47 Å². The van der Waals surface area contributed by atoms with Gasteiger partial charge in [0.1, 0.15) is 5.69 Å². The van der Waals surface area contributed by atoms with E-state index in [1.54, 1.807) is 12.3 Å². The fourth-order valence-corrected chi connectivity index (χ4v) is 3.10. The lowest BCUT2D eigenvalue weighted by molar-refractivity contribution is -0.251. The Kier molecular flexibility index (Phi) is 5.38. The van der Waals surface area contributed by atoms with Crippen LogP contribution in [0, 0.1) is 6.92 Å². The van der Waals surface area contributed by atoms with Crippen molar-refractivity contribution in [3.8, 4) is 23.1 Å². The van der Waals surface area contributed by atoms with Gasteiger partial charge in [-0.25, -0.2) is 4.98 Å². The summed E-state index contributed by atoms with van der Waals surface area (Å²) in [6.07, 6.45) is 3.37. The van der Waals surface area contributed by atoms with Gasteiger partial charge >= 0.3 is 6.01 Å². The lowest BCUT2D eigenvalue weighted by atomic mass is 9.91. The SMILES string of the molecule is C=Cc1c(-c2cnc(OC)nc2OC)nnc(C)c1C1COC(C)(C)OC1. The normalized spacial score (nSPS) is 16.8. The van der Waals surface area contributed by atoms with Gasteiger partial charge in [-0.3, -0.25) is 0 Å². The van der Waals surface area contributed by atoms with Crippen LogP contribution in [-0.4, -0.2) is 53.4 Å². The number of hydrogen-bond donors (Lipinski definition) is 0. The van der Waals surface area contributed by atoms with Crippen LogP contribution in [0.3, 0.4) is 0 Å². The summed E-state index contributed by atoms with van der Waals surface area (Å²) in [6.45, 7) is 10.7. The van der Waals surface area contributed by atoms with E-state index in [2.05, 4.69) is 26.7 Å². The average Bonchev–Trinajstić information content (AvgIpc) is 2.67. The number of hydrogen-bond acceptors (Lipinski definition) is 8. The number of aryl methyl sites for hydroxylation is 1. The molecule has 1 saturated heterocycles. The molecular weight excluding hydrogens is 348 g/mol. The van der Waals surface area contributed by atoms with Crippen LogP contribution in [0.2, 0.25) is 0 Å². The first-order valence-electron chi connectivity index (χ1n) is 8.63. The second-order valence-corrected chi connectivity index (χ2v) is 6.66. The van der Waals surface area contributed by atoms with E-state index < -0.39 is 5.79 Å². The molecule has 2 aromatic rings. The van der Waals surface area contributed by atoms with Crippen molar-refractivity contribution in [2.45, 2.75) is 32.5 Å². The minimum Gasteiger partial charge on any atom is -0.480 e. The topological polar surface area (TPSA) is 88.5 Å². The molecule has 0 unspecified atom stereocenters. The summed E-state index contributed by atoms with van der Waals surface area (Å²) in [4.78, 5) is 8.41. The Bertz CT molecular complexity index is 844. The van der Waals surface area contributed by atoms with Gasteiger partial charge in [-0.2, -0.15) is 10.1 Å². The molecule has 3 rings (SSSR count). The molecule has 0 amide bonds. The maximum Gasteiger partial charge on any atom is 0.319 e. The van der Waals surface area contributed by atoms with E-state index in [9.17, 15) is 0 Å². The van der Waals surface area contributed by atoms with Crippen molar-refractivity contribution in [2.75, 3.05) is 27.4 Å². The van der Waals surface area contributed by atoms with Crippen molar-refractivity contribution < 1.29 is 18.9 Å². The Morgan fingerprint density at radius 2 is 1.89 bits per heavy atom. The Hall–Kier alpha value is -2.58. The Morgan fingerprint density at radius 3 is 2.48 bits per heavy atom. The molecule has 8 heteroatoms. The first-order chi connectivity index (χ1) is 12.9. The molecular formula is C19H24N4O4. The molecule has 27 heavy (non-hydrogen) atoms. The summed E-state index contributed by atoms with van der Waals surface area (Å²) < 4.78 is 22.1. The van der Waals surface area contributed by atoms with Gasteiger partial charge in [-0.15, -0.1) is 5.10 Å². The van der Waals surface area contributed by atoms with Gasteiger partial charge in [-0.05, 0) is 26.3 Å². The maximum absolute atomic E-state index is 5.84. The standard InChI is InChI=1S/C19H24N4O4/c1-7-13-15(12-9-26-19(3,4)27-10-12)11(2)22-23-16(13)14-8-20-18(25-6)21-17(14)24-5/h7-8,12H,1,9-10H2,2-6H3. The number of aromatic nitrogens is 4. The molecule has 0 atom stereocenters. The lowest BCUT2D eigenvalue weighted by Gasteiger charge is -2.36. The molecule has 0 N–H and O–H groups in total. The van der Waals surface area contributed by atoms with Gasteiger partial charge in [0, 0.05) is 17.7 Å². The summed E-state index contributed by atoms with van der Waals surface area (Å²) in [5.41, 5.74) is 3.84. The van der Waals surface area contributed by atoms with Gasteiger partial charge in [-0.1, -0.05) is 12.7 Å². The van der Waals surface area contributed by atoms with Crippen molar-refractivity contribution in [3.05, 3.63) is 29.6 Å². The second kappa shape index (κ2) is 7.58. The van der Waals surface area contributed by atoms with Gasteiger partial charge < -0.3 is 18.9 Å². The molecule has 2 aromatic heterocycles. The number of methoxy groups -OCH3 is 2. The van der Waals surface area contributed by atoms with Gasteiger partial charge in [0.15, 0.2) is 5.79 Å². The minimum absolute atomic E-state index is 0.0189. The van der Waals surface area contributed by atoms with E-state index in [-0.39, 0.29) is 11.9 Å². The molecule has 8 nitrogen and oxygen atoms in total. The third-order valence-electron chi connectivity index (χ3n) is 4.47. The Labute approximate surface area is 158 Å². The highest BCUT2D eigenvalue weighted by atomic mass is 16.7. The molecule has 1 aliphatic heterocycles. The van der Waals surface area contributed by atoms with E-state index in [0.717, 1.165) is 16.8 Å². The maximum atomic E-state index is 5.84. The van der Waals surface area contributed by atoms with Gasteiger partial charge in [0.25, 0.3) is 0 Å². The molecule has 0 saturated carbocycles. The van der Waals surface area contributed by atoms with Gasteiger partial charge in [0.2, 0.25) is 5.88 Å². The van der Waals surface area contributed by atoms with Crippen molar-refractivity contribution in [2.24, 2.45) is 0 Å². The highest BCUT2D eigenvalue weighted by molar-refractivity contribution is 5.76. The van der Waals surface area contributed by atoms with E-state index in [4.69, 9.17) is 18.9 Å². The summed E-state index contributed by atoms with van der Waals surface area (Å²) in [6, 6.07) is 0.215. The fraction of sp³-hybridized carbons (Fsp3) is 0.474. The monoisotopic (exact) mass is 372 g/mol. The second-order valence-electron chi connectivity index (χ2n) is 6.66. The first-order valence-corrected chi connectivity index (χ1v) is 8.63. The predicted molar refractivity (Wildman–Crippen MR) is 99.7 cm³/mol. The van der Waals surface area contributed by atoms with Crippen LogP contribution in [0.5, 0.6) is 11.9 Å². The zero-order valence-electron chi connectivity index (χ0n) is 16.3. The zero-order chi connectivity index (χ0) is 19.6. The number of ether oxygens (including phenoxy) is 4. The average molecular weight is 372 g/mol. The molecule has 0 radical (unpaired) electrons. The summed E-state index contributed by atoms with van der Waals surface area (Å²) in [5, 5.41) is 8.71. The number of nitrogens with zero attached hydrogens (tertiary/aromatic N) is 4. The summed E-state index contributed by atoms with van der Waals surface area (Å²) in [7, 11) is 3.03. The summed E-state index contributed by atoms with van der Waals surface area (Å²) >= 11 is 0. The van der Waals surface area contributed by atoms with Gasteiger partial charge in [0.05, 0.1) is 38.7 Å². The predicted octanol–water partition coefficient (Wildman–Crippen LogP) is 2.77. The molecule has 0 spiro atoms. The first kappa shape index (κ1) is 19.2. The smallest absolute Gasteiger partial charge is 0.319 e. The lowest BCUT2D eigenvalue weighted by Crippen LogP contribution is -2.38. The van der Waals surface area contributed by atoms with Crippen molar-refractivity contribution in [3.63, 3.8) is 0 Å². The summed E-state index contributed by atoms with van der Waals surface area (Å²) in [5.74, 6) is -0.216. The number of rotatable bonds is 5. The van der Waals surface area contributed by atoms with E-state index >= 15 is 0 Å². The van der Waals surface area contributed by atoms with Crippen LogP contribution in [0.25, 0.3) is 17.3 Å². The van der Waals surface area contributed by atoms with E-state index in [1.165, 1.54) is 14.2 Å². The van der Waals surface area contributed by atoms with Crippen molar-refractivity contribution >= 4 is 6.08 Å². The highest BCUT2D eigenvalue weighted by Gasteiger charge is 2.32. The quantitative estimate of drug-likeness (QED) is 0.792. The van der Waals surface area contributed by atoms with Crippen LogP contribution in [0.1, 0.15) is 36.6 Å². The minimum atomic E-state index is -0.588. The van der Waals surface area contributed by atoms with Crippen molar-refractivity contribution in [1.29, 1.82) is 0 Å². The molecule has 0 aromatic carbocycles. The fourth-order valence-electron chi connectivity index (χ4n) is 3.10. The Morgan fingerprint density at radius 1 is 1.19 bits per heavy atom. The highest BCUT2D eigenvalue weighted by Crippen LogP contribution is 2.37. The van der Waals surface area contributed by atoms with Crippen LogP contribution >= 0.6 is 0 Å². The molecule has 1 fully saturated rings. The molecule has 0 bridgehead atoms. The third kappa shape index (κ3) is 3.77. The third-order valence-corrected chi connectivity index (χ3v) is 4.47. The molecule has 144 valence electrons. The molecule has 3 heterocycles. The van der Waals surface area contributed by atoms with Crippen molar-refractivity contribution in [1.82, 2.24) is 20.2 Å². The molecule has 1 aliphatic rings. The van der Waals surface area contributed by atoms with Crippen LogP contribution in [-0.2, 0) is 9.47 Å². The van der Waals surface area contributed by atoms with Crippen LogP contribution in [0.4, 0.5) is 0 Å². The van der Waals surface area contributed by atoms with Crippen LogP contribution in [0.15, 0.2) is 12.8 Å².